The molecule has 0 amide bonds. The molecule has 0 N–H and O–H groups in total. The maximum atomic E-state index is 8.00. The summed E-state index contributed by atoms with van der Waals surface area (Å²) in [5.41, 5.74) is 4.25. The Hall–Kier alpha value is -0.991. The molecule has 0 fully saturated rings. The molecule has 0 aromatic heterocycles. The molecule has 1 aliphatic carbocycles. The van der Waals surface area contributed by atoms with Crippen LogP contribution >= 0.6 is 0 Å². The Labute approximate surface area is 108 Å². The molecule has 0 aromatic rings. The summed E-state index contributed by atoms with van der Waals surface area (Å²) < 4.78 is 0. The molecule has 0 spiro atoms. The van der Waals surface area contributed by atoms with Crippen molar-refractivity contribution in [3.63, 3.8) is 0 Å². The molecule has 93 valence electrons. The van der Waals surface area contributed by atoms with E-state index in [0.29, 0.717) is 5.92 Å². The van der Waals surface area contributed by atoms with Crippen molar-refractivity contribution in [3.05, 3.63) is 22.8 Å². The maximum Gasteiger partial charge on any atom is 0.106 e. The van der Waals surface area contributed by atoms with Crippen LogP contribution in [0.1, 0.15) is 27.7 Å². The third-order valence-electron chi connectivity index (χ3n) is 2.24. The average Bonchev–Trinajstić information content (AvgIpc) is 2.54. The zero-order valence-corrected chi connectivity index (χ0v) is 11.5. The topological polar surface area (TPSA) is 51.2 Å². The zero-order valence-electron chi connectivity index (χ0n) is 10.3. The summed E-state index contributed by atoms with van der Waals surface area (Å²) in [5, 5.41) is 0. The molecular weight excluding hydrogens is 247 g/mol. The molecule has 0 saturated heterocycles. The third kappa shape index (κ3) is 8.33. The molecule has 1 radical (unpaired) electrons. The molecule has 0 aliphatic heterocycles. The summed E-state index contributed by atoms with van der Waals surface area (Å²) in [7, 11) is 0. The fraction of sp³-hybridized carbons (Fsp3) is 0.417. The molecule has 1 atom stereocenters. The van der Waals surface area contributed by atoms with Gasteiger partial charge in [0, 0.05) is 17.1 Å². The summed E-state index contributed by atoms with van der Waals surface area (Å²) >= 11 is 0. The molecule has 1 unspecified atom stereocenters. The monoisotopic (exact) mass is 266 g/mol. The van der Waals surface area contributed by atoms with Crippen LogP contribution in [0.25, 0.3) is 0 Å². The Morgan fingerprint density at radius 2 is 1.25 bits per heavy atom. The van der Waals surface area contributed by atoms with Crippen LogP contribution in [0.2, 0.25) is 0 Å². The van der Waals surface area contributed by atoms with Crippen LogP contribution in [-0.2, 0) is 31.5 Å². The van der Waals surface area contributed by atoms with Crippen molar-refractivity contribution in [1.29, 1.82) is 0 Å². The van der Waals surface area contributed by atoms with Crippen LogP contribution in [0.15, 0.2) is 16.7 Å². The molecular formula is C12H19MnO3-. The van der Waals surface area contributed by atoms with Crippen molar-refractivity contribution < 1.29 is 31.5 Å². The van der Waals surface area contributed by atoms with Crippen molar-refractivity contribution >= 4 is 20.4 Å². The first-order valence-electron chi connectivity index (χ1n) is 4.27. The van der Waals surface area contributed by atoms with Gasteiger partial charge in [0.2, 0.25) is 0 Å². The summed E-state index contributed by atoms with van der Waals surface area (Å²) in [4.78, 5) is 24.0. The van der Waals surface area contributed by atoms with Crippen molar-refractivity contribution in [2.75, 3.05) is 0 Å². The van der Waals surface area contributed by atoms with Gasteiger partial charge in [0.1, 0.15) is 20.4 Å². The minimum Gasteiger partial charge on any atom is -0.307 e. The standard InChI is InChI=1S/C9H13.3CH2O.Mn/c1-6-5-7(2)9(4)8(6)3;3*1-2;/h6H,1-4H3;3*1H2;/q-1;;;;. The van der Waals surface area contributed by atoms with Gasteiger partial charge in [-0.1, -0.05) is 26.7 Å². The Morgan fingerprint density at radius 1 is 0.938 bits per heavy atom. The number of hydrogen-bond donors (Lipinski definition) is 0. The van der Waals surface area contributed by atoms with Crippen molar-refractivity contribution in [2.24, 2.45) is 5.92 Å². The zero-order chi connectivity index (χ0) is 13.0. The maximum absolute atomic E-state index is 8.00. The second-order valence-electron chi connectivity index (χ2n) is 2.80. The van der Waals surface area contributed by atoms with Crippen LogP contribution in [0.4, 0.5) is 0 Å². The van der Waals surface area contributed by atoms with Gasteiger partial charge in [-0.05, 0) is 0 Å². The Bertz CT molecular complexity index is 230. The van der Waals surface area contributed by atoms with Gasteiger partial charge in [0.15, 0.2) is 0 Å². The van der Waals surface area contributed by atoms with Crippen LogP contribution < -0.4 is 0 Å². The van der Waals surface area contributed by atoms with Gasteiger partial charge in [0.05, 0.1) is 0 Å². The number of hydrogen-bond acceptors (Lipinski definition) is 3. The van der Waals surface area contributed by atoms with Gasteiger partial charge in [-0.3, -0.25) is 6.08 Å². The van der Waals surface area contributed by atoms with E-state index in [0.717, 1.165) is 0 Å². The fourth-order valence-electron chi connectivity index (χ4n) is 1.16. The normalized spacial score (nSPS) is 16.0. The number of rotatable bonds is 0. The number of carbonyl (C=O) groups excluding carboxylic acids is 3. The van der Waals surface area contributed by atoms with Crippen LogP contribution in [0.3, 0.4) is 0 Å². The van der Waals surface area contributed by atoms with Crippen LogP contribution in [0.5, 0.6) is 0 Å². The molecule has 1 aliphatic rings. The third-order valence-corrected chi connectivity index (χ3v) is 2.24. The molecule has 3 nitrogen and oxygen atoms in total. The van der Waals surface area contributed by atoms with E-state index in [-0.39, 0.29) is 17.1 Å². The number of carbonyl (C=O) groups is 3. The fourth-order valence-corrected chi connectivity index (χ4v) is 1.16. The molecule has 16 heavy (non-hydrogen) atoms. The molecule has 4 heteroatoms. The largest absolute Gasteiger partial charge is 0.307 e. The summed E-state index contributed by atoms with van der Waals surface area (Å²) in [5.74, 6) is 0.560. The summed E-state index contributed by atoms with van der Waals surface area (Å²) in [6.45, 7) is 14.7. The van der Waals surface area contributed by atoms with Gasteiger partial charge in [-0.25, -0.2) is 5.57 Å². The first-order chi connectivity index (χ1) is 7.13. The van der Waals surface area contributed by atoms with Gasteiger partial charge in [0.25, 0.3) is 0 Å². The Balaban J connectivity index is -0.0000000900. The van der Waals surface area contributed by atoms with Crippen LogP contribution in [0, 0.1) is 12.0 Å². The summed E-state index contributed by atoms with van der Waals surface area (Å²) in [6, 6.07) is 0. The molecule has 0 aromatic carbocycles. The average molecular weight is 266 g/mol. The van der Waals surface area contributed by atoms with Gasteiger partial charge in [-0.2, -0.15) is 11.1 Å². The van der Waals surface area contributed by atoms with E-state index >= 15 is 0 Å². The van der Waals surface area contributed by atoms with Crippen molar-refractivity contribution in [3.8, 4) is 0 Å². The predicted molar refractivity (Wildman–Crippen MR) is 61.3 cm³/mol. The molecule has 1 rings (SSSR count). The van der Waals surface area contributed by atoms with Gasteiger partial charge < -0.3 is 14.4 Å². The van der Waals surface area contributed by atoms with E-state index in [4.69, 9.17) is 14.4 Å². The van der Waals surface area contributed by atoms with Crippen molar-refractivity contribution in [1.82, 2.24) is 0 Å². The quantitative estimate of drug-likeness (QED) is 0.498. The second-order valence-corrected chi connectivity index (χ2v) is 2.80. The molecule has 0 heterocycles. The van der Waals surface area contributed by atoms with Crippen molar-refractivity contribution in [2.45, 2.75) is 27.7 Å². The Morgan fingerprint density at radius 3 is 1.31 bits per heavy atom. The Kier molecular flexibility index (Phi) is 25.0. The SMILES string of the molecule is C=O.C=O.C=O.CC1=[C-]C(C)C(C)=C1C.[Mn]. The smallest absolute Gasteiger partial charge is 0.106 e. The first-order valence-corrected chi connectivity index (χ1v) is 4.27. The minimum absolute atomic E-state index is 0. The molecule has 0 bridgehead atoms. The first kappa shape index (κ1) is 24.3. The van der Waals surface area contributed by atoms with E-state index in [1.165, 1.54) is 16.7 Å². The number of allylic oxidation sites excluding steroid dienone is 4. The second kappa shape index (κ2) is 16.4. The predicted octanol–water partition coefficient (Wildman–Crippen LogP) is 2.16. The van der Waals surface area contributed by atoms with E-state index < -0.39 is 0 Å². The molecule has 0 saturated carbocycles. The van der Waals surface area contributed by atoms with Crippen LogP contribution in [-0.4, -0.2) is 20.4 Å². The van der Waals surface area contributed by atoms with E-state index in [1.54, 1.807) is 0 Å². The van der Waals surface area contributed by atoms with E-state index in [1.807, 2.05) is 20.4 Å². The van der Waals surface area contributed by atoms with E-state index in [2.05, 4.69) is 33.8 Å². The van der Waals surface area contributed by atoms with Gasteiger partial charge >= 0.3 is 0 Å². The minimum atomic E-state index is 0. The van der Waals surface area contributed by atoms with Gasteiger partial charge in [-0.15, -0.1) is 6.92 Å². The summed E-state index contributed by atoms with van der Waals surface area (Å²) in [6.07, 6.45) is 3.36. The van der Waals surface area contributed by atoms with E-state index in [9.17, 15) is 0 Å².